The van der Waals surface area contributed by atoms with Crippen molar-refractivity contribution in [1.29, 1.82) is 0 Å². The van der Waals surface area contributed by atoms with Gasteiger partial charge < -0.3 is 14.6 Å². The summed E-state index contributed by atoms with van der Waals surface area (Å²) < 4.78 is 11.3. The second kappa shape index (κ2) is 12.7. The number of rotatable bonds is 8. The van der Waals surface area contributed by atoms with E-state index < -0.39 is 5.97 Å². The minimum atomic E-state index is -1.02. The Hall–Kier alpha value is -4.46. The van der Waals surface area contributed by atoms with Gasteiger partial charge in [-0.2, -0.15) is 0 Å². The maximum atomic E-state index is 10.8. The zero-order valence-electron chi connectivity index (χ0n) is 21.2. The first-order valence-electron chi connectivity index (χ1n) is 12.1. The third-order valence-corrected chi connectivity index (χ3v) is 6.04. The highest BCUT2D eigenvalue weighted by Gasteiger charge is 2.07. The Balaban J connectivity index is 1.52. The SMILES string of the molecule is Cc1ccc(C#Cc2ccc(/C(=C/COc3ccc(OCC(=O)O)c(C)c3)c3ccc(Cl)cc3)cc2)cc1. The van der Waals surface area contributed by atoms with Gasteiger partial charge in [0.1, 0.15) is 18.1 Å². The van der Waals surface area contributed by atoms with Crippen LogP contribution in [0.3, 0.4) is 0 Å². The van der Waals surface area contributed by atoms with Crippen LogP contribution < -0.4 is 9.47 Å². The van der Waals surface area contributed by atoms with Gasteiger partial charge in [-0.05, 0) is 96.8 Å². The zero-order chi connectivity index (χ0) is 26.9. The van der Waals surface area contributed by atoms with E-state index in [4.69, 9.17) is 26.2 Å². The number of aliphatic carboxylic acids is 1. The Morgan fingerprint density at radius 3 is 1.97 bits per heavy atom. The first-order chi connectivity index (χ1) is 18.4. The number of carboxylic acids is 1. The van der Waals surface area contributed by atoms with Gasteiger partial charge in [0, 0.05) is 16.1 Å². The highest BCUT2D eigenvalue weighted by molar-refractivity contribution is 6.30. The minimum Gasteiger partial charge on any atom is -0.489 e. The summed E-state index contributed by atoms with van der Waals surface area (Å²) >= 11 is 6.13. The Morgan fingerprint density at radius 1 is 0.816 bits per heavy atom. The van der Waals surface area contributed by atoms with Crippen molar-refractivity contribution in [2.45, 2.75) is 13.8 Å². The Kier molecular flexibility index (Phi) is 8.87. The van der Waals surface area contributed by atoms with E-state index in [1.165, 1.54) is 5.56 Å². The van der Waals surface area contributed by atoms with Crippen LogP contribution in [0.25, 0.3) is 5.57 Å². The fourth-order valence-electron chi connectivity index (χ4n) is 3.78. The molecule has 4 rings (SSSR count). The molecule has 0 atom stereocenters. The molecule has 0 aliphatic heterocycles. The Labute approximate surface area is 228 Å². The summed E-state index contributed by atoms with van der Waals surface area (Å²) in [5, 5.41) is 9.49. The molecule has 4 nitrogen and oxygen atoms in total. The molecule has 0 bridgehead atoms. The standard InChI is InChI=1S/C33H27ClO4/c1-23-3-5-25(6-4-23)7-8-26-9-11-27(12-10-26)31(28-13-15-29(34)16-14-28)19-20-37-30-17-18-32(24(2)21-30)38-22-33(35)36/h3-6,9-19,21H,20,22H2,1-2H3,(H,35,36)/b31-19-. The second-order valence-electron chi connectivity index (χ2n) is 8.74. The number of halogens is 1. The van der Waals surface area contributed by atoms with Crippen LogP contribution in [0.4, 0.5) is 0 Å². The van der Waals surface area contributed by atoms with Gasteiger partial charge in [-0.15, -0.1) is 0 Å². The number of hydrogen-bond donors (Lipinski definition) is 1. The van der Waals surface area contributed by atoms with Crippen LogP contribution in [-0.4, -0.2) is 24.3 Å². The summed E-state index contributed by atoms with van der Waals surface area (Å²) in [7, 11) is 0. The molecule has 38 heavy (non-hydrogen) atoms. The zero-order valence-corrected chi connectivity index (χ0v) is 22.0. The van der Waals surface area contributed by atoms with E-state index in [0.717, 1.165) is 33.4 Å². The molecule has 0 aromatic heterocycles. The van der Waals surface area contributed by atoms with Crippen molar-refractivity contribution >= 4 is 23.1 Å². The van der Waals surface area contributed by atoms with Crippen LogP contribution in [0, 0.1) is 25.7 Å². The lowest BCUT2D eigenvalue weighted by atomic mass is 9.97. The Bertz CT molecular complexity index is 1490. The van der Waals surface area contributed by atoms with E-state index in [1.54, 1.807) is 12.1 Å². The first-order valence-corrected chi connectivity index (χ1v) is 12.5. The lowest BCUT2D eigenvalue weighted by molar-refractivity contribution is -0.139. The molecule has 0 amide bonds. The molecular weight excluding hydrogens is 496 g/mol. The van der Waals surface area contributed by atoms with Gasteiger partial charge >= 0.3 is 5.97 Å². The normalized spacial score (nSPS) is 10.9. The van der Waals surface area contributed by atoms with E-state index >= 15 is 0 Å². The number of benzene rings is 4. The predicted molar refractivity (Wildman–Crippen MR) is 152 cm³/mol. The molecular formula is C33H27ClO4. The van der Waals surface area contributed by atoms with Crippen molar-refractivity contribution in [3.05, 3.63) is 135 Å². The summed E-state index contributed by atoms with van der Waals surface area (Å²) in [6.07, 6.45) is 2.03. The number of carboxylic acid groups (broad SMARTS) is 1. The smallest absolute Gasteiger partial charge is 0.341 e. The highest BCUT2D eigenvalue weighted by atomic mass is 35.5. The Morgan fingerprint density at radius 2 is 1.39 bits per heavy atom. The maximum Gasteiger partial charge on any atom is 0.341 e. The molecule has 0 saturated heterocycles. The largest absolute Gasteiger partial charge is 0.489 e. The van der Waals surface area contributed by atoms with Crippen molar-refractivity contribution in [2.24, 2.45) is 0 Å². The molecule has 0 unspecified atom stereocenters. The summed E-state index contributed by atoms with van der Waals surface area (Å²) in [5.74, 6) is 6.60. The molecule has 0 spiro atoms. The molecule has 1 N–H and O–H groups in total. The van der Waals surface area contributed by atoms with Gasteiger partial charge in [-0.3, -0.25) is 0 Å². The topological polar surface area (TPSA) is 55.8 Å². The molecule has 190 valence electrons. The van der Waals surface area contributed by atoms with E-state index in [1.807, 2.05) is 67.6 Å². The monoisotopic (exact) mass is 522 g/mol. The lowest BCUT2D eigenvalue weighted by Crippen LogP contribution is -2.10. The predicted octanol–water partition coefficient (Wildman–Crippen LogP) is 7.33. The van der Waals surface area contributed by atoms with Crippen LogP contribution >= 0.6 is 11.6 Å². The van der Waals surface area contributed by atoms with Crippen molar-refractivity contribution in [3.8, 4) is 23.3 Å². The van der Waals surface area contributed by atoms with Crippen LogP contribution in [0.1, 0.15) is 33.4 Å². The molecule has 0 radical (unpaired) electrons. The minimum absolute atomic E-state index is 0.335. The third kappa shape index (κ3) is 7.52. The highest BCUT2D eigenvalue weighted by Crippen LogP contribution is 2.27. The van der Waals surface area contributed by atoms with Crippen LogP contribution in [0.5, 0.6) is 11.5 Å². The fourth-order valence-corrected chi connectivity index (χ4v) is 3.91. The van der Waals surface area contributed by atoms with Gasteiger partial charge in [0.15, 0.2) is 6.61 Å². The van der Waals surface area contributed by atoms with Gasteiger partial charge in [-0.25, -0.2) is 4.79 Å². The molecule has 0 aliphatic rings. The van der Waals surface area contributed by atoms with Crippen molar-refractivity contribution < 1.29 is 19.4 Å². The summed E-state index contributed by atoms with van der Waals surface area (Å²) in [6.45, 7) is 3.86. The van der Waals surface area contributed by atoms with Crippen LogP contribution in [0.15, 0.2) is 97.1 Å². The van der Waals surface area contributed by atoms with E-state index in [2.05, 4.69) is 43.0 Å². The average Bonchev–Trinajstić information content (AvgIpc) is 2.91. The van der Waals surface area contributed by atoms with Gasteiger partial charge in [0.25, 0.3) is 0 Å². The van der Waals surface area contributed by atoms with E-state index in [9.17, 15) is 4.79 Å². The van der Waals surface area contributed by atoms with Crippen LogP contribution in [-0.2, 0) is 4.79 Å². The molecule has 5 heteroatoms. The molecule has 4 aromatic carbocycles. The van der Waals surface area contributed by atoms with Crippen LogP contribution in [0.2, 0.25) is 5.02 Å². The average molecular weight is 523 g/mol. The number of carbonyl (C=O) groups is 1. The maximum absolute atomic E-state index is 10.8. The number of ether oxygens (including phenoxy) is 2. The molecule has 0 heterocycles. The fraction of sp³-hybridized carbons (Fsp3) is 0.121. The molecule has 4 aromatic rings. The summed E-state index contributed by atoms with van der Waals surface area (Å²) in [4.78, 5) is 10.8. The van der Waals surface area contributed by atoms with Gasteiger partial charge in [-0.1, -0.05) is 65.4 Å². The van der Waals surface area contributed by atoms with Gasteiger partial charge in [0.2, 0.25) is 0 Å². The number of hydrogen-bond acceptors (Lipinski definition) is 3. The van der Waals surface area contributed by atoms with E-state index in [-0.39, 0.29) is 6.61 Å². The lowest BCUT2D eigenvalue weighted by Gasteiger charge is -2.12. The summed E-state index contributed by atoms with van der Waals surface area (Å²) in [6, 6.07) is 29.3. The molecule has 0 fully saturated rings. The molecule has 0 saturated carbocycles. The number of aryl methyl sites for hydroxylation is 2. The van der Waals surface area contributed by atoms with Gasteiger partial charge in [0.05, 0.1) is 0 Å². The quantitative estimate of drug-likeness (QED) is 0.246. The third-order valence-electron chi connectivity index (χ3n) is 5.79. The van der Waals surface area contributed by atoms with E-state index in [0.29, 0.717) is 23.1 Å². The van der Waals surface area contributed by atoms with Crippen molar-refractivity contribution in [1.82, 2.24) is 0 Å². The molecule has 0 aliphatic carbocycles. The van der Waals surface area contributed by atoms with Crippen molar-refractivity contribution in [2.75, 3.05) is 13.2 Å². The van der Waals surface area contributed by atoms with Crippen molar-refractivity contribution in [3.63, 3.8) is 0 Å². The first kappa shape index (κ1) is 26.6. The second-order valence-corrected chi connectivity index (χ2v) is 9.18. The summed E-state index contributed by atoms with van der Waals surface area (Å²) in [5.41, 5.74) is 6.99.